The van der Waals surface area contributed by atoms with Crippen LogP contribution in [0.15, 0.2) is 24.3 Å². The molecule has 1 unspecified atom stereocenters. The lowest BCUT2D eigenvalue weighted by Crippen LogP contribution is -2.29. The first-order valence-electron chi connectivity index (χ1n) is 8.36. The minimum Gasteiger partial charge on any atom is -0.396 e. The van der Waals surface area contributed by atoms with Gasteiger partial charge in [0.15, 0.2) is 5.69 Å². The zero-order chi connectivity index (χ0) is 17.1. The maximum Gasteiger partial charge on any atom is 0.272 e. The van der Waals surface area contributed by atoms with Crippen LogP contribution in [-0.2, 0) is 12.8 Å². The van der Waals surface area contributed by atoms with Crippen LogP contribution in [0.2, 0.25) is 0 Å². The van der Waals surface area contributed by atoms with Crippen molar-refractivity contribution in [3.8, 4) is 5.69 Å². The fourth-order valence-electron chi connectivity index (χ4n) is 3.12. The molecule has 24 heavy (non-hydrogen) atoms. The number of hydrogen-bond acceptors (Lipinski definition) is 3. The van der Waals surface area contributed by atoms with Crippen molar-refractivity contribution in [2.24, 2.45) is 5.92 Å². The van der Waals surface area contributed by atoms with Crippen LogP contribution in [0, 0.1) is 11.7 Å². The van der Waals surface area contributed by atoms with Gasteiger partial charge in [-0.2, -0.15) is 5.10 Å². The van der Waals surface area contributed by atoms with Crippen LogP contribution < -0.4 is 5.32 Å². The second kappa shape index (κ2) is 7.13. The standard InChI is InChI=1S/C18H22FN3O2/c1-12(9-10-23)11-20-18(24)17-13-5-4-8-15(13)22(21-17)16-7-3-2-6-14(16)19/h2-3,6-7,12,23H,4-5,8-11H2,1H3,(H,20,24). The number of nitrogens with one attached hydrogen (secondary N) is 1. The van der Waals surface area contributed by atoms with Crippen molar-refractivity contribution in [2.45, 2.75) is 32.6 Å². The predicted octanol–water partition coefficient (Wildman–Crippen LogP) is 2.25. The molecular formula is C18H22FN3O2. The Hall–Kier alpha value is -2.21. The van der Waals surface area contributed by atoms with Gasteiger partial charge in [-0.05, 0) is 43.7 Å². The Morgan fingerprint density at radius 1 is 1.42 bits per heavy atom. The molecule has 0 radical (unpaired) electrons. The first kappa shape index (κ1) is 16.6. The highest BCUT2D eigenvalue weighted by molar-refractivity contribution is 5.94. The lowest BCUT2D eigenvalue weighted by molar-refractivity contribution is 0.0939. The quantitative estimate of drug-likeness (QED) is 0.853. The van der Waals surface area contributed by atoms with Crippen LogP contribution >= 0.6 is 0 Å². The minimum atomic E-state index is -0.349. The van der Waals surface area contributed by atoms with Gasteiger partial charge >= 0.3 is 0 Å². The zero-order valence-corrected chi connectivity index (χ0v) is 13.8. The van der Waals surface area contributed by atoms with E-state index in [0.717, 1.165) is 30.5 Å². The maximum absolute atomic E-state index is 14.1. The molecule has 128 valence electrons. The van der Waals surface area contributed by atoms with Gasteiger partial charge in [0.1, 0.15) is 11.5 Å². The molecule has 0 spiro atoms. The summed E-state index contributed by atoms with van der Waals surface area (Å²) in [5.41, 5.74) is 2.62. The van der Waals surface area contributed by atoms with Crippen molar-refractivity contribution in [3.63, 3.8) is 0 Å². The molecule has 1 aliphatic carbocycles. The second-order valence-electron chi connectivity index (χ2n) is 6.32. The van der Waals surface area contributed by atoms with Crippen LogP contribution in [0.1, 0.15) is 41.5 Å². The summed E-state index contributed by atoms with van der Waals surface area (Å²) in [6.45, 7) is 2.56. The summed E-state index contributed by atoms with van der Waals surface area (Å²) in [6, 6.07) is 6.47. The molecule has 2 aromatic rings. The van der Waals surface area contributed by atoms with Crippen molar-refractivity contribution < 1.29 is 14.3 Å². The zero-order valence-electron chi connectivity index (χ0n) is 13.8. The first-order chi connectivity index (χ1) is 11.6. The third kappa shape index (κ3) is 3.19. The van der Waals surface area contributed by atoms with Crippen molar-refractivity contribution in [3.05, 3.63) is 47.0 Å². The maximum atomic E-state index is 14.1. The smallest absolute Gasteiger partial charge is 0.272 e. The summed E-state index contributed by atoms with van der Waals surface area (Å²) in [7, 11) is 0. The molecule has 1 aromatic heterocycles. The molecule has 1 atom stereocenters. The Labute approximate surface area is 140 Å². The number of carbonyl (C=O) groups excluding carboxylic acids is 1. The lowest BCUT2D eigenvalue weighted by Gasteiger charge is -2.10. The van der Waals surface area contributed by atoms with Crippen molar-refractivity contribution in [2.75, 3.05) is 13.2 Å². The number of fused-ring (bicyclic) bond motifs is 1. The number of benzene rings is 1. The van der Waals surface area contributed by atoms with Gasteiger partial charge in [0.05, 0.1) is 0 Å². The molecular weight excluding hydrogens is 309 g/mol. The van der Waals surface area contributed by atoms with Gasteiger partial charge in [0.2, 0.25) is 0 Å². The summed E-state index contributed by atoms with van der Waals surface area (Å²) in [4.78, 5) is 12.5. The van der Waals surface area contributed by atoms with E-state index in [-0.39, 0.29) is 24.2 Å². The summed E-state index contributed by atoms with van der Waals surface area (Å²) in [5, 5.41) is 16.2. The normalized spacial score (nSPS) is 14.5. The number of aliphatic hydroxyl groups is 1. The van der Waals surface area contributed by atoms with E-state index in [9.17, 15) is 9.18 Å². The molecule has 1 aliphatic rings. The molecule has 1 aromatic carbocycles. The number of carbonyl (C=O) groups is 1. The highest BCUT2D eigenvalue weighted by Crippen LogP contribution is 2.28. The highest BCUT2D eigenvalue weighted by atomic mass is 19.1. The average molecular weight is 331 g/mol. The molecule has 1 heterocycles. The fraction of sp³-hybridized carbons (Fsp3) is 0.444. The Morgan fingerprint density at radius 3 is 2.96 bits per heavy atom. The number of halogens is 1. The van der Waals surface area contributed by atoms with Gasteiger partial charge in [0, 0.05) is 24.4 Å². The second-order valence-corrected chi connectivity index (χ2v) is 6.32. The van der Waals surface area contributed by atoms with Gasteiger partial charge < -0.3 is 10.4 Å². The van der Waals surface area contributed by atoms with Crippen molar-refractivity contribution >= 4 is 5.91 Å². The van der Waals surface area contributed by atoms with E-state index in [2.05, 4.69) is 10.4 Å². The van der Waals surface area contributed by atoms with Crippen LogP contribution in [-0.4, -0.2) is 33.9 Å². The molecule has 0 saturated heterocycles. The molecule has 0 bridgehead atoms. The summed E-state index contributed by atoms with van der Waals surface area (Å²) >= 11 is 0. The molecule has 1 amide bonds. The highest BCUT2D eigenvalue weighted by Gasteiger charge is 2.27. The van der Waals surface area contributed by atoms with Crippen LogP contribution in [0.4, 0.5) is 4.39 Å². The number of nitrogens with zero attached hydrogens (tertiary/aromatic N) is 2. The van der Waals surface area contributed by atoms with Crippen LogP contribution in [0.25, 0.3) is 5.69 Å². The lowest BCUT2D eigenvalue weighted by atomic mass is 10.1. The summed E-state index contributed by atoms with van der Waals surface area (Å²) in [6.07, 6.45) is 3.18. The van der Waals surface area contributed by atoms with Gasteiger partial charge in [0.25, 0.3) is 5.91 Å². The summed E-state index contributed by atoms with van der Waals surface area (Å²) in [5.74, 6) is -0.382. The fourth-order valence-corrected chi connectivity index (χ4v) is 3.12. The summed E-state index contributed by atoms with van der Waals surface area (Å²) < 4.78 is 15.7. The topological polar surface area (TPSA) is 67.2 Å². The number of rotatable bonds is 6. The minimum absolute atomic E-state index is 0.106. The number of para-hydroxylation sites is 1. The Bertz CT molecular complexity index is 742. The Balaban J connectivity index is 1.87. The van der Waals surface area contributed by atoms with Gasteiger partial charge in [-0.1, -0.05) is 19.1 Å². The third-order valence-electron chi connectivity index (χ3n) is 4.46. The molecule has 3 rings (SSSR count). The van der Waals surface area contributed by atoms with E-state index in [4.69, 9.17) is 5.11 Å². The van der Waals surface area contributed by atoms with E-state index in [0.29, 0.717) is 24.3 Å². The first-order valence-corrected chi connectivity index (χ1v) is 8.36. The van der Waals surface area contributed by atoms with Crippen LogP contribution in [0.5, 0.6) is 0 Å². The molecule has 0 aliphatic heterocycles. The Morgan fingerprint density at radius 2 is 2.21 bits per heavy atom. The predicted molar refractivity (Wildman–Crippen MR) is 88.7 cm³/mol. The molecule has 5 nitrogen and oxygen atoms in total. The molecule has 0 saturated carbocycles. The van der Waals surface area contributed by atoms with Gasteiger partial charge in [-0.15, -0.1) is 0 Å². The number of aliphatic hydroxyl groups excluding tert-OH is 1. The van der Waals surface area contributed by atoms with E-state index < -0.39 is 0 Å². The monoisotopic (exact) mass is 331 g/mol. The molecule has 0 fully saturated rings. The van der Waals surface area contributed by atoms with E-state index in [1.807, 2.05) is 6.92 Å². The number of hydrogen-bond donors (Lipinski definition) is 2. The van der Waals surface area contributed by atoms with E-state index >= 15 is 0 Å². The average Bonchev–Trinajstić information content (AvgIpc) is 3.16. The molecule has 6 heteroatoms. The van der Waals surface area contributed by atoms with Crippen molar-refractivity contribution in [1.82, 2.24) is 15.1 Å². The largest absolute Gasteiger partial charge is 0.396 e. The number of amides is 1. The SMILES string of the molecule is CC(CCO)CNC(=O)c1nn(-c2ccccc2F)c2c1CCC2. The van der Waals surface area contributed by atoms with Gasteiger partial charge in [-0.25, -0.2) is 9.07 Å². The Kier molecular flexibility index (Phi) is 4.94. The van der Waals surface area contributed by atoms with Crippen LogP contribution in [0.3, 0.4) is 0 Å². The van der Waals surface area contributed by atoms with Gasteiger partial charge in [-0.3, -0.25) is 4.79 Å². The van der Waals surface area contributed by atoms with E-state index in [1.54, 1.807) is 22.9 Å². The number of aromatic nitrogens is 2. The molecule has 2 N–H and O–H groups in total. The third-order valence-corrected chi connectivity index (χ3v) is 4.46. The van der Waals surface area contributed by atoms with E-state index in [1.165, 1.54) is 6.07 Å². The van der Waals surface area contributed by atoms with Crippen molar-refractivity contribution in [1.29, 1.82) is 0 Å².